The fourth-order valence-electron chi connectivity index (χ4n) is 2.19. The highest BCUT2D eigenvalue weighted by molar-refractivity contribution is 5.93. The lowest BCUT2D eigenvalue weighted by Gasteiger charge is -2.07. The van der Waals surface area contributed by atoms with E-state index in [4.69, 9.17) is 9.47 Å². The molecule has 7 nitrogen and oxygen atoms in total. The molecule has 0 radical (unpaired) electrons. The number of pyridine rings is 1. The lowest BCUT2D eigenvalue weighted by atomic mass is 10.2. The zero-order chi connectivity index (χ0) is 19.6. The number of carbonyl (C=O) groups excluding carboxylic acids is 3. The molecule has 0 saturated carbocycles. The molecule has 0 bridgehead atoms. The van der Waals surface area contributed by atoms with Crippen molar-refractivity contribution in [3.8, 4) is 5.75 Å². The molecular weight excluding hydrogens is 350 g/mol. The molecule has 0 aliphatic heterocycles. The van der Waals surface area contributed by atoms with Crippen molar-refractivity contribution in [2.45, 2.75) is 26.2 Å². The summed E-state index contributed by atoms with van der Waals surface area (Å²) in [5.74, 6) is -1.55. The van der Waals surface area contributed by atoms with Crippen molar-refractivity contribution in [1.29, 1.82) is 0 Å². The third kappa shape index (κ3) is 5.91. The molecule has 0 atom stereocenters. The van der Waals surface area contributed by atoms with E-state index in [9.17, 15) is 14.4 Å². The molecule has 0 aliphatic rings. The van der Waals surface area contributed by atoms with Crippen LogP contribution in [0, 0.1) is 0 Å². The summed E-state index contributed by atoms with van der Waals surface area (Å²) in [6, 6.07) is 10.4. The Labute approximate surface area is 157 Å². The summed E-state index contributed by atoms with van der Waals surface area (Å²) in [7, 11) is 1.23. The number of carbonyl (C=O) groups is 3. The molecule has 142 valence electrons. The molecule has 1 aromatic heterocycles. The van der Waals surface area contributed by atoms with Crippen molar-refractivity contribution < 1.29 is 28.6 Å². The van der Waals surface area contributed by atoms with Crippen molar-refractivity contribution in [2.24, 2.45) is 0 Å². The van der Waals surface area contributed by atoms with Gasteiger partial charge in [0, 0.05) is 0 Å². The number of rotatable bonds is 8. The van der Waals surface area contributed by atoms with E-state index in [0.29, 0.717) is 12.2 Å². The molecule has 7 heteroatoms. The predicted molar refractivity (Wildman–Crippen MR) is 96.8 cm³/mol. The number of methoxy groups -OCH3 is 1. The molecule has 27 heavy (non-hydrogen) atoms. The van der Waals surface area contributed by atoms with Gasteiger partial charge in [-0.2, -0.15) is 0 Å². The molecule has 1 aromatic carbocycles. The number of hydrogen-bond acceptors (Lipinski definition) is 7. The molecule has 0 spiro atoms. The summed E-state index contributed by atoms with van der Waals surface area (Å²) in [6.07, 6.45) is 2.89. The van der Waals surface area contributed by atoms with Crippen LogP contribution in [0.1, 0.15) is 57.5 Å². The third-order valence-electron chi connectivity index (χ3n) is 3.63. The summed E-state index contributed by atoms with van der Waals surface area (Å²) in [6.45, 7) is 2.45. The topological polar surface area (TPSA) is 91.8 Å². The first kappa shape index (κ1) is 20.1. The minimum Gasteiger partial charge on any atom is -0.464 e. The van der Waals surface area contributed by atoms with Gasteiger partial charge >= 0.3 is 17.9 Å². The lowest BCUT2D eigenvalue weighted by Crippen LogP contribution is -2.14. The molecule has 0 aliphatic carbocycles. The monoisotopic (exact) mass is 371 g/mol. The van der Waals surface area contributed by atoms with Crippen molar-refractivity contribution >= 4 is 17.9 Å². The standard InChI is InChI=1S/C20H21NO6/c1-3-4-5-13-26-18(22)14-9-11-15(12-10-14)27-20(24)17-8-6-7-16(21-17)19(23)25-2/h6-12H,3-5,13H2,1-2H3. The van der Waals surface area contributed by atoms with Crippen molar-refractivity contribution in [2.75, 3.05) is 13.7 Å². The first-order chi connectivity index (χ1) is 13.0. The molecule has 0 unspecified atom stereocenters. The first-order valence-electron chi connectivity index (χ1n) is 8.60. The average molecular weight is 371 g/mol. The number of unbranched alkanes of at least 4 members (excludes halogenated alkanes) is 2. The molecular formula is C20H21NO6. The number of hydrogen-bond donors (Lipinski definition) is 0. The Morgan fingerprint density at radius 1 is 0.889 bits per heavy atom. The van der Waals surface area contributed by atoms with Crippen LogP contribution in [-0.4, -0.2) is 36.6 Å². The van der Waals surface area contributed by atoms with Gasteiger partial charge in [0.2, 0.25) is 0 Å². The van der Waals surface area contributed by atoms with E-state index in [1.54, 1.807) is 0 Å². The molecule has 0 amide bonds. The first-order valence-corrected chi connectivity index (χ1v) is 8.60. The smallest absolute Gasteiger partial charge is 0.362 e. The number of nitrogens with zero attached hydrogens (tertiary/aromatic N) is 1. The van der Waals surface area contributed by atoms with Crippen molar-refractivity contribution in [3.63, 3.8) is 0 Å². The number of aromatic nitrogens is 1. The van der Waals surface area contributed by atoms with Crippen LogP contribution in [0.5, 0.6) is 5.75 Å². The number of ether oxygens (including phenoxy) is 3. The molecule has 1 heterocycles. The van der Waals surface area contributed by atoms with Crippen LogP contribution in [0.4, 0.5) is 0 Å². The van der Waals surface area contributed by atoms with Crippen LogP contribution in [0.2, 0.25) is 0 Å². The van der Waals surface area contributed by atoms with Crippen molar-refractivity contribution in [1.82, 2.24) is 4.98 Å². The fraction of sp³-hybridized carbons (Fsp3) is 0.300. The van der Waals surface area contributed by atoms with E-state index >= 15 is 0 Å². The maximum absolute atomic E-state index is 12.2. The summed E-state index contributed by atoms with van der Waals surface area (Å²) in [5, 5.41) is 0. The van der Waals surface area contributed by atoms with Crippen LogP contribution in [-0.2, 0) is 9.47 Å². The maximum Gasteiger partial charge on any atom is 0.362 e. The summed E-state index contributed by atoms with van der Waals surface area (Å²) >= 11 is 0. The van der Waals surface area contributed by atoms with Gasteiger partial charge < -0.3 is 14.2 Å². The van der Waals surface area contributed by atoms with Crippen molar-refractivity contribution in [3.05, 3.63) is 59.4 Å². The number of benzene rings is 1. The van der Waals surface area contributed by atoms with E-state index in [1.165, 1.54) is 49.6 Å². The molecule has 0 fully saturated rings. The molecule has 2 rings (SSSR count). The maximum atomic E-state index is 12.2. The predicted octanol–water partition coefficient (Wildman–Crippen LogP) is 3.43. The van der Waals surface area contributed by atoms with Gasteiger partial charge in [-0.1, -0.05) is 25.8 Å². The van der Waals surface area contributed by atoms with Crippen LogP contribution >= 0.6 is 0 Å². The van der Waals surface area contributed by atoms with Crippen LogP contribution in [0.25, 0.3) is 0 Å². The van der Waals surface area contributed by atoms with Gasteiger partial charge in [0.15, 0.2) is 0 Å². The molecule has 0 saturated heterocycles. The van der Waals surface area contributed by atoms with Crippen LogP contribution in [0.3, 0.4) is 0 Å². The highest BCUT2D eigenvalue weighted by Crippen LogP contribution is 2.15. The minimum atomic E-state index is -0.726. The normalized spacial score (nSPS) is 10.1. The van der Waals surface area contributed by atoms with E-state index in [1.807, 2.05) is 0 Å². The van der Waals surface area contributed by atoms with Gasteiger partial charge in [0.25, 0.3) is 0 Å². The molecule has 0 N–H and O–H groups in total. The van der Waals surface area contributed by atoms with Gasteiger partial charge in [0.05, 0.1) is 19.3 Å². The average Bonchev–Trinajstić information content (AvgIpc) is 2.71. The zero-order valence-corrected chi connectivity index (χ0v) is 15.3. The Hall–Kier alpha value is -3.22. The third-order valence-corrected chi connectivity index (χ3v) is 3.63. The quantitative estimate of drug-likeness (QED) is 0.399. The Morgan fingerprint density at radius 2 is 1.56 bits per heavy atom. The summed E-state index contributed by atoms with van der Waals surface area (Å²) in [5.41, 5.74) is 0.350. The molecule has 2 aromatic rings. The van der Waals surface area contributed by atoms with E-state index < -0.39 is 17.9 Å². The Kier molecular flexibility index (Phi) is 7.49. The SMILES string of the molecule is CCCCCOC(=O)c1ccc(OC(=O)c2cccc(C(=O)OC)n2)cc1. The summed E-state index contributed by atoms with van der Waals surface area (Å²) in [4.78, 5) is 39.5. The van der Waals surface area contributed by atoms with Gasteiger partial charge in [-0.3, -0.25) is 0 Å². The largest absolute Gasteiger partial charge is 0.464 e. The zero-order valence-electron chi connectivity index (χ0n) is 15.3. The van der Waals surface area contributed by atoms with E-state index in [0.717, 1.165) is 19.3 Å². The Morgan fingerprint density at radius 3 is 2.19 bits per heavy atom. The second-order valence-electron chi connectivity index (χ2n) is 5.66. The second-order valence-corrected chi connectivity index (χ2v) is 5.66. The fourth-order valence-corrected chi connectivity index (χ4v) is 2.19. The highest BCUT2D eigenvalue weighted by Gasteiger charge is 2.15. The Balaban J connectivity index is 1.97. The Bertz CT molecular complexity index is 800. The van der Waals surface area contributed by atoms with Crippen LogP contribution in [0.15, 0.2) is 42.5 Å². The minimum absolute atomic E-state index is 0.00752. The summed E-state index contributed by atoms with van der Waals surface area (Å²) < 4.78 is 14.9. The second kappa shape index (κ2) is 10.1. The van der Waals surface area contributed by atoms with E-state index in [2.05, 4.69) is 16.6 Å². The highest BCUT2D eigenvalue weighted by atomic mass is 16.5. The van der Waals surface area contributed by atoms with E-state index in [-0.39, 0.29) is 17.1 Å². The lowest BCUT2D eigenvalue weighted by molar-refractivity contribution is 0.0497. The van der Waals surface area contributed by atoms with Gasteiger partial charge in [-0.25, -0.2) is 19.4 Å². The van der Waals surface area contributed by atoms with Gasteiger partial charge in [-0.05, 0) is 42.8 Å². The van der Waals surface area contributed by atoms with Gasteiger partial charge in [-0.15, -0.1) is 0 Å². The van der Waals surface area contributed by atoms with Gasteiger partial charge in [0.1, 0.15) is 17.1 Å². The number of esters is 3. The van der Waals surface area contributed by atoms with Crippen LogP contribution < -0.4 is 4.74 Å².